The van der Waals surface area contributed by atoms with Gasteiger partial charge < -0.3 is 10.2 Å². The molecule has 0 radical (unpaired) electrons. The van der Waals surface area contributed by atoms with Crippen LogP contribution in [0.2, 0.25) is 0 Å². The zero-order chi connectivity index (χ0) is 12.3. The summed E-state index contributed by atoms with van der Waals surface area (Å²) in [5, 5.41) is 19.3. The van der Waals surface area contributed by atoms with E-state index < -0.39 is 5.60 Å². The van der Waals surface area contributed by atoms with E-state index in [1.54, 1.807) is 0 Å². The van der Waals surface area contributed by atoms with Crippen LogP contribution in [-0.2, 0) is 0 Å². The van der Waals surface area contributed by atoms with E-state index in [1.807, 2.05) is 0 Å². The SMILES string of the molecule is CCCCCC(O)(CCCO)CCCCC. The van der Waals surface area contributed by atoms with Crippen LogP contribution < -0.4 is 0 Å². The molecule has 0 unspecified atom stereocenters. The highest BCUT2D eigenvalue weighted by Gasteiger charge is 2.24. The normalized spacial score (nSPS) is 12.0. The molecule has 0 saturated carbocycles. The second-order valence-electron chi connectivity index (χ2n) is 4.97. The summed E-state index contributed by atoms with van der Waals surface area (Å²) in [5.41, 5.74) is -0.507. The molecule has 0 amide bonds. The molecule has 0 saturated heterocycles. The zero-order valence-corrected chi connectivity index (χ0v) is 11.2. The fraction of sp³-hybridized carbons (Fsp3) is 1.00. The van der Waals surface area contributed by atoms with E-state index in [1.165, 1.54) is 25.7 Å². The molecule has 0 aromatic heterocycles. The molecule has 0 fully saturated rings. The number of unbranched alkanes of at least 4 members (excludes halogenated alkanes) is 4. The topological polar surface area (TPSA) is 40.5 Å². The minimum Gasteiger partial charge on any atom is -0.396 e. The van der Waals surface area contributed by atoms with Crippen LogP contribution in [0, 0.1) is 0 Å². The number of aliphatic hydroxyl groups excluding tert-OH is 1. The highest BCUT2D eigenvalue weighted by molar-refractivity contribution is 4.78. The number of hydrogen-bond acceptors (Lipinski definition) is 2. The van der Waals surface area contributed by atoms with Crippen molar-refractivity contribution in [2.75, 3.05) is 6.61 Å². The molecule has 0 bridgehead atoms. The lowest BCUT2D eigenvalue weighted by Gasteiger charge is -2.28. The molecule has 0 aromatic rings. The van der Waals surface area contributed by atoms with Gasteiger partial charge in [0, 0.05) is 6.61 Å². The third-order valence-corrected chi connectivity index (χ3v) is 3.29. The van der Waals surface area contributed by atoms with E-state index in [2.05, 4.69) is 13.8 Å². The minimum atomic E-state index is -0.507. The first-order valence-corrected chi connectivity index (χ1v) is 7.01. The predicted molar refractivity (Wildman–Crippen MR) is 69.6 cm³/mol. The van der Waals surface area contributed by atoms with Crippen molar-refractivity contribution in [2.45, 2.75) is 83.7 Å². The molecule has 0 spiro atoms. The standard InChI is InChI=1S/C14H30O2/c1-3-5-7-10-14(16,12-9-13-15)11-8-6-4-2/h15-16H,3-13H2,1-2H3. The monoisotopic (exact) mass is 230 g/mol. The van der Waals surface area contributed by atoms with Crippen molar-refractivity contribution >= 4 is 0 Å². The summed E-state index contributed by atoms with van der Waals surface area (Å²) in [7, 11) is 0. The Kier molecular flexibility index (Phi) is 10.0. The molecule has 2 N–H and O–H groups in total. The van der Waals surface area contributed by atoms with Gasteiger partial charge in [-0.1, -0.05) is 52.4 Å². The summed E-state index contributed by atoms with van der Waals surface area (Å²) in [6.45, 7) is 4.57. The quantitative estimate of drug-likeness (QED) is 0.532. The van der Waals surface area contributed by atoms with Crippen LogP contribution in [0.5, 0.6) is 0 Å². The lowest BCUT2D eigenvalue weighted by atomic mass is 9.86. The van der Waals surface area contributed by atoms with Crippen molar-refractivity contribution in [1.29, 1.82) is 0 Å². The van der Waals surface area contributed by atoms with Crippen molar-refractivity contribution < 1.29 is 10.2 Å². The van der Waals surface area contributed by atoms with Gasteiger partial charge in [-0.25, -0.2) is 0 Å². The van der Waals surface area contributed by atoms with E-state index in [9.17, 15) is 5.11 Å². The Morgan fingerprint density at radius 3 is 1.56 bits per heavy atom. The molecule has 0 rings (SSSR count). The van der Waals surface area contributed by atoms with Crippen LogP contribution in [0.15, 0.2) is 0 Å². The maximum absolute atomic E-state index is 10.5. The number of aliphatic hydroxyl groups is 2. The first kappa shape index (κ1) is 15.9. The molecule has 0 heterocycles. The van der Waals surface area contributed by atoms with Gasteiger partial charge >= 0.3 is 0 Å². The second kappa shape index (κ2) is 10.1. The van der Waals surface area contributed by atoms with Gasteiger partial charge in [-0.15, -0.1) is 0 Å². The molecular formula is C14H30O2. The van der Waals surface area contributed by atoms with Crippen molar-refractivity contribution in [3.8, 4) is 0 Å². The van der Waals surface area contributed by atoms with Gasteiger partial charge in [-0.3, -0.25) is 0 Å². The van der Waals surface area contributed by atoms with Crippen molar-refractivity contribution in [2.24, 2.45) is 0 Å². The molecular weight excluding hydrogens is 200 g/mol. The summed E-state index contributed by atoms with van der Waals surface area (Å²) in [6, 6.07) is 0. The van der Waals surface area contributed by atoms with Crippen molar-refractivity contribution in [3.05, 3.63) is 0 Å². The second-order valence-corrected chi connectivity index (χ2v) is 4.97. The van der Waals surface area contributed by atoms with Crippen LogP contribution >= 0.6 is 0 Å². The fourth-order valence-corrected chi connectivity index (χ4v) is 2.19. The molecule has 2 nitrogen and oxygen atoms in total. The smallest absolute Gasteiger partial charge is 0.0648 e. The van der Waals surface area contributed by atoms with E-state index in [0.717, 1.165) is 38.5 Å². The minimum absolute atomic E-state index is 0.198. The van der Waals surface area contributed by atoms with E-state index in [0.29, 0.717) is 0 Å². The summed E-state index contributed by atoms with van der Waals surface area (Å²) in [6.07, 6.45) is 10.3. The van der Waals surface area contributed by atoms with Crippen LogP contribution in [-0.4, -0.2) is 22.4 Å². The molecule has 16 heavy (non-hydrogen) atoms. The van der Waals surface area contributed by atoms with Crippen LogP contribution in [0.3, 0.4) is 0 Å². The first-order chi connectivity index (χ1) is 7.68. The molecule has 0 aliphatic rings. The van der Waals surface area contributed by atoms with Crippen LogP contribution in [0.25, 0.3) is 0 Å². The Balaban J connectivity index is 3.91. The van der Waals surface area contributed by atoms with Crippen LogP contribution in [0.1, 0.15) is 78.1 Å². The largest absolute Gasteiger partial charge is 0.396 e. The molecule has 0 atom stereocenters. The summed E-state index contributed by atoms with van der Waals surface area (Å²) in [4.78, 5) is 0. The Labute approximate surface area is 101 Å². The zero-order valence-electron chi connectivity index (χ0n) is 11.2. The van der Waals surface area contributed by atoms with E-state index in [4.69, 9.17) is 5.11 Å². The fourth-order valence-electron chi connectivity index (χ4n) is 2.19. The van der Waals surface area contributed by atoms with Crippen molar-refractivity contribution in [3.63, 3.8) is 0 Å². The van der Waals surface area contributed by atoms with Gasteiger partial charge in [0.25, 0.3) is 0 Å². The molecule has 0 aliphatic heterocycles. The number of rotatable bonds is 11. The van der Waals surface area contributed by atoms with E-state index >= 15 is 0 Å². The Hall–Kier alpha value is -0.0800. The predicted octanol–water partition coefficient (Wildman–Crippen LogP) is 3.65. The number of hydrogen-bond donors (Lipinski definition) is 2. The Morgan fingerprint density at radius 1 is 0.750 bits per heavy atom. The average molecular weight is 230 g/mol. The third kappa shape index (κ3) is 8.12. The molecule has 0 aliphatic carbocycles. The summed E-state index contributed by atoms with van der Waals surface area (Å²) in [5.74, 6) is 0. The maximum Gasteiger partial charge on any atom is 0.0648 e. The van der Waals surface area contributed by atoms with Gasteiger partial charge in [-0.2, -0.15) is 0 Å². The highest BCUT2D eigenvalue weighted by Crippen LogP contribution is 2.27. The summed E-state index contributed by atoms with van der Waals surface area (Å²) < 4.78 is 0. The highest BCUT2D eigenvalue weighted by atomic mass is 16.3. The van der Waals surface area contributed by atoms with Crippen LogP contribution in [0.4, 0.5) is 0 Å². The Bertz CT molecular complexity index is 136. The van der Waals surface area contributed by atoms with E-state index in [-0.39, 0.29) is 6.61 Å². The maximum atomic E-state index is 10.5. The lowest BCUT2D eigenvalue weighted by molar-refractivity contribution is 0.00413. The first-order valence-electron chi connectivity index (χ1n) is 7.01. The Morgan fingerprint density at radius 2 is 1.19 bits per heavy atom. The van der Waals surface area contributed by atoms with Gasteiger partial charge in [-0.05, 0) is 25.7 Å². The van der Waals surface area contributed by atoms with Gasteiger partial charge in [0.2, 0.25) is 0 Å². The molecule has 2 heteroatoms. The summed E-state index contributed by atoms with van der Waals surface area (Å²) >= 11 is 0. The van der Waals surface area contributed by atoms with Gasteiger partial charge in [0.15, 0.2) is 0 Å². The molecule has 0 aromatic carbocycles. The third-order valence-electron chi connectivity index (χ3n) is 3.29. The molecule has 98 valence electrons. The van der Waals surface area contributed by atoms with Gasteiger partial charge in [0.1, 0.15) is 0 Å². The van der Waals surface area contributed by atoms with Crippen molar-refractivity contribution in [1.82, 2.24) is 0 Å². The lowest BCUT2D eigenvalue weighted by Crippen LogP contribution is -2.29. The van der Waals surface area contributed by atoms with Gasteiger partial charge in [0.05, 0.1) is 5.60 Å². The average Bonchev–Trinajstić information content (AvgIpc) is 2.27.